The first-order valence-corrected chi connectivity index (χ1v) is 16.8. The summed E-state index contributed by atoms with van der Waals surface area (Å²) in [5.74, 6) is 0.569. The van der Waals surface area contributed by atoms with E-state index in [1.54, 1.807) is 48.7 Å². The summed E-state index contributed by atoms with van der Waals surface area (Å²) < 4.78 is 37.4. The van der Waals surface area contributed by atoms with Crippen molar-refractivity contribution in [2.75, 3.05) is 28.8 Å². The second-order valence-electron chi connectivity index (χ2n) is 13.6. The smallest absolute Gasteiger partial charge is 0.326 e. The molecule has 3 amide bonds. The molecule has 3 aromatic rings. The summed E-state index contributed by atoms with van der Waals surface area (Å²) in [5.41, 5.74) is 2.00. The Kier molecular flexibility index (Phi) is 11.2. The number of piperidine rings is 1. The lowest BCUT2D eigenvalue weighted by atomic mass is 9.78. The van der Waals surface area contributed by atoms with E-state index >= 15 is 0 Å². The van der Waals surface area contributed by atoms with Gasteiger partial charge in [-0.3, -0.25) is 19.6 Å². The number of carbonyl (C=O) groups excluding carboxylic acids is 2. The van der Waals surface area contributed by atoms with Gasteiger partial charge in [0.15, 0.2) is 0 Å². The molecule has 1 fully saturated rings. The number of benzene rings is 1. The number of hydrogen-bond donors (Lipinski definition) is 4. The average Bonchev–Trinajstić information content (AvgIpc) is 3.37. The van der Waals surface area contributed by atoms with Gasteiger partial charge in [0, 0.05) is 46.8 Å². The van der Waals surface area contributed by atoms with Crippen LogP contribution in [0.2, 0.25) is 0 Å². The number of urea groups is 1. The van der Waals surface area contributed by atoms with E-state index in [4.69, 9.17) is 13.8 Å². The standard InChI is InChI=1S/C31H42N6O4.CH4O3S/c1-9-37-30(5,6)17-23(18-31(37,7)8)40-22-14-15-24(32-19-22)27(38)33-20-10-12-21(13-11-20)34-28(39)35-26-16-25(36-41-26)29(2,3)4;1-5(2,3)4/h10-16,19,23H,9,17-18H2,1-8H3,(H,33,38)(H2,34,35,39);1H3,(H,2,3,4). The topological polar surface area (TPSA) is 176 Å². The largest absolute Gasteiger partial charge is 0.489 e. The summed E-state index contributed by atoms with van der Waals surface area (Å²) in [6.07, 6.45) is 4.21. The molecule has 3 heterocycles. The van der Waals surface area contributed by atoms with Crippen LogP contribution in [0.5, 0.6) is 5.75 Å². The Morgan fingerprint density at radius 3 is 2.00 bits per heavy atom. The second kappa shape index (κ2) is 14.2. The first-order chi connectivity index (χ1) is 21.2. The van der Waals surface area contributed by atoms with Crippen molar-refractivity contribution in [1.82, 2.24) is 15.0 Å². The van der Waals surface area contributed by atoms with Crippen LogP contribution >= 0.6 is 0 Å². The number of hydrogen-bond acceptors (Lipinski definition) is 9. The van der Waals surface area contributed by atoms with Gasteiger partial charge in [-0.05, 0) is 70.6 Å². The maximum Gasteiger partial charge on any atom is 0.326 e. The van der Waals surface area contributed by atoms with Crippen molar-refractivity contribution >= 4 is 39.3 Å². The molecule has 14 heteroatoms. The minimum atomic E-state index is -3.67. The summed E-state index contributed by atoms with van der Waals surface area (Å²) in [6, 6.07) is 11.5. The molecule has 0 aliphatic carbocycles. The van der Waals surface area contributed by atoms with E-state index in [9.17, 15) is 18.0 Å². The Bertz CT molecular complexity index is 1570. The SMILES string of the molecule is CCN1C(C)(C)CC(Oc2ccc(C(=O)Nc3ccc(NC(=O)Nc4cc(C(C)(C)C)no4)cc3)nc2)CC1(C)C.CS(=O)(=O)O. The first kappa shape index (κ1) is 36.5. The quantitative estimate of drug-likeness (QED) is 0.214. The number of amides is 3. The van der Waals surface area contributed by atoms with E-state index in [-0.39, 0.29) is 40.1 Å². The van der Waals surface area contributed by atoms with Crippen LogP contribution in [-0.2, 0) is 15.5 Å². The summed E-state index contributed by atoms with van der Waals surface area (Å²) in [7, 11) is -3.67. The Morgan fingerprint density at radius 1 is 1.00 bits per heavy atom. The molecule has 0 bridgehead atoms. The van der Waals surface area contributed by atoms with E-state index in [0.29, 0.717) is 23.4 Å². The van der Waals surface area contributed by atoms with Gasteiger partial charge in [-0.15, -0.1) is 0 Å². The van der Waals surface area contributed by atoms with Crippen LogP contribution < -0.4 is 20.7 Å². The van der Waals surface area contributed by atoms with Gasteiger partial charge in [0.2, 0.25) is 5.88 Å². The molecule has 0 unspecified atom stereocenters. The molecule has 13 nitrogen and oxygen atoms in total. The maximum absolute atomic E-state index is 12.8. The zero-order chi connectivity index (χ0) is 34.5. The summed E-state index contributed by atoms with van der Waals surface area (Å²) in [4.78, 5) is 32.0. The predicted octanol–water partition coefficient (Wildman–Crippen LogP) is 6.19. The van der Waals surface area contributed by atoms with Crippen molar-refractivity contribution in [1.29, 1.82) is 0 Å². The molecular formula is C32H46N6O7S. The Hall–Kier alpha value is -4.01. The van der Waals surface area contributed by atoms with Crippen LogP contribution in [0, 0.1) is 0 Å². The van der Waals surface area contributed by atoms with Gasteiger partial charge in [0.25, 0.3) is 16.0 Å². The molecule has 2 aromatic heterocycles. The highest BCUT2D eigenvalue weighted by Gasteiger charge is 2.45. The lowest BCUT2D eigenvalue weighted by Gasteiger charge is -2.54. The fourth-order valence-electron chi connectivity index (χ4n) is 5.74. The fraction of sp³-hybridized carbons (Fsp3) is 0.500. The lowest BCUT2D eigenvalue weighted by molar-refractivity contribution is -0.0697. The first-order valence-electron chi connectivity index (χ1n) is 15.0. The number of carbonyl (C=O) groups is 2. The van der Waals surface area contributed by atoms with E-state index in [2.05, 4.69) is 65.6 Å². The van der Waals surface area contributed by atoms with Crippen LogP contribution in [0.1, 0.15) is 84.4 Å². The minimum absolute atomic E-state index is 0.0242. The summed E-state index contributed by atoms with van der Waals surface area (Å²) in [5, 5.41) is 12.2. The fourth-order valence-corrected chi connectivity index (χ4v) is 5.74. The maximum atomic E-state index is 12.8. The lowest BCUT2D eigenvalue weighted by Crippen LogP contribution is -2.62. The highest BCUT2D eigenvalue weighted by Crippen LogP contribution is 2.39. The highest BCUT2D eigenvalue weighted by molar-refractivity contribution is 7.85. The Balaban J connectivity index is 0.00000107. The second-order valence-corrected chi connectivity index (χ2v) is 15.0. The number of aromatic nitrogens is 2. The molecule has 1 aliphatic heterocycles. The molecule has 0 atom stereocenters. The van der Waals surface area contributed by atoms with Crippen molar-refractivity contribution < 1.29 is 31.8 Å². The number of anilines is 3. The molecule has 4 rings (SSSR count). The molecule has 0 radical (unpaired) electrons. The Labute approximate surface area is 271 Å². The molecule has 1 aromatic carbocycles. The third-order valence-corrected chi connectivity index (χ3v) is 7.42. The number of nitrogens with one attached hydrogen (secondary N) is 3. The zero-order valence-corrected chi connectivity index (χ0v) is 28.8. The van der Waals surface area contributed by atoms with Gasteiger partial charge in [-0.25, -0.2) is 9.78 Å². The zero-order valence-electron chi connectivity index (χ0n) is 28.0. The van der Waals surface area contributed by atoms with Gasteiger partial charge in [-0.1, -0.05) is 32.9 Å². The number of pyridine rings is 1. The van der Waals surface area contributed by atoms with Crippen LogP contribution in [0.15, 0.2) is 53.2 Å². The Morgan fingerprint density at radius 2 is 1.54 bits per heavy atom. The van der Waals surface area contributed by atoms with Crippen molar-refractivity contribution in [2.45, 2.75) is 90.8 Å². The van der Waals surface area contributed by atoms with Gasteiger partial charge < -0.3 is 19.9 Å². The monoisotopic (exact) mass is 658 g/mol. The number of likely N-dealkylation sites (tertiary alicyclic amines) is 1. The molecule has 4 N–H and O–H groups in total. The van der Waals surface area contributed by atoms with Crippen LogP contribution in [0.4, 0.5) is 22.1 Å². The van der Waals surface area contributed by atoms with E-state index < -0.39 is 16.1 Å². The van der Waals surface area contributed by atoms with Crippen LogP contribution in [0.25, 0.3) is 0 Å². The molecule has 1 saturated heterocycles. The molecule has 252 valence electrons. The average molecular weight is 659 g/mol. The van der Waals surface area contributed by atoms with Crippen molar-refractivity contribution in [2.24, 2.45) is 0 Å². The molecule has 0 spiro atoms. The minimum Gasteiger partial charge on any atom is -0.489 e. The predicted molar refractivity (Wildman–Crippen MR) is 178 cm³/mol. The van der Waals surface area contributed by atoms with Crippen molar-refractivity contribution in [3.8, 4) is 5.75 Å². The van der Waals surface area contributed by atoms with E-state index in [1.165, 1.54) is 0 Å². The summed E-state index contributed by atoms with van der Waals surface area (Å²) >= 11 is 0. The number of ether oxygens (including phenoxy) is 1. The van der Waals surface area contributed by atoms with Crippen LogP contribution in [-0.4, -0.2) is 69.9 Å². The number of rotatable bonds is 7. The highest BCUT2D eigenvalue weighted by atomic mass is 32.2. The van der Waals surface area contributed by atoms with E-state index in [1.807, 2.05) is 20.8 Å². The van der Waals surface area contributed by atoms with Gasteiger partial charge in [0.1, 0.15) is 17.5 Å². The molecule has 1 aliphatic rings. The number of nitrogens with zero attached hydrogens (tertiary/aromatic N) is 3. The molecule has 0 saturated carbocycles. The van der Waals surface area contributed by atoms with Crippen LogP contribution in [0.3, 0.4) is 0 Å². The van der Waals surface area contributed by atoms with Gasteiger partial charge in [-0.2, -0.15) is 8.42 Å². The van der Waals surface area contributed by atoms with Gasteiger partial charge >= 0.3 is 6.03 Å². The van der Waals surface area contributed by atoms with Crippen molar-refractivity contribution in [3.63, 3.8) is 0 Å². The normalized spacial score (nSPS) is 16.5. The van der Waals surface area contributed by atoms with Gasteiger partial charge in [0.05, 0.1) is 18.1 Å². The third-order valence-electron chi connectivity index (χ3n) is 7.42. The van der Waals surface area contributed by atoms with Crippen molar-refractivity contribution in [3.05, 3.63) is 60.0 Å². The summed E-state index contributed by atoms with van der Waals surface area (Å²) in [6.45, 7) is 18.3. The third kappa shape index (κ3) is 10.8. The molecule has 46 heavy (non-hydrogen) atoms. The van der Waals surface area contributed by atoms with E-state index in [0.717, 1.165) is 25.1 Å². The molecular weight excluding hydrogens is 612 g/mol.